The minimum atomic E-state index is -1.33. The van der Waals surface area contributed by atoms with Gasteiger partial charge in [-0.15, -0.1) is 0 Å². The Kier molecular flexibility index (Phi) is 4.93. The molecule has 0 amide bonds. The minimum absolute atomic E-state index is 0.195. The van der Waals surface area contributed by atoms with E-state index in [1.54, 1.807) is 0 Å². The fourth-order valence-electron chi connectivity index (χ4n) is 1.37. The summed E-state index contributed by atoms with van der Waals surface area (Å²) in [4.78, 5) is 11.6. The number of carbonyl (C=O) groups is 1. The Bertz CT molecular complexity index is 444. The normalized spacial score (nSPS) is 12.8. The molecule has 0 fully saturated rings. The lowest BCUT2D eigenvalue weighted by atomic mass is 10.1. The van der Waals surface area contributed by atoms with Crippen LogP contribution in [0.15, 0.2) is 18.2 Å². The second-order valence-electron chi connectivity index (χ2n) is 4.19. The molecule has 0 aliphatic carbocycles. The number of Topliss-reactive ketones (excluding diaryl/α,β-unsaturated/α-hetero) is 1. The van der Waals surface area contributed by atoms with Crippen LogP contribution in [0.2, 0.25) is 0 Å². The molecule has 94 valence electrons. The summed E-state index contributed by atoms with van der Waals surface area (Å²) in [5, 5.41) is 0. The zero-order valence-electron chi connectivity index (χ0n) is 9.70. The zero-order valence-corrected chi connectivity index (χ0v) is 10.5. The lowest BCUT2D eigenvalue weighted by Gasteiger charge is -2.05. The van der Waals surface area contributed by atoms with Gasteiger partial charge >= 0.3 is 0 Å². The fraction of sp³-hybridized carbons (Fsp3) is 0.417. The van der Waals surface area contributed by atoms with Crippen molar-refractivity contribution < 1.29 is 17.8 Å². The number of rotatable bonds is 5. The lowest BCUT2D eigenvalue weighted by molar-refractivity contribution is 0.101. The van der Waals surface area contributed by atoms with Crippen LogP contribution in [-0.4, -0.2) is 21.5 Å². The van der Waals surface area contributed by atoms with Crippen molar-refractivity contribution in [1.29, 1.82) is 0 Å². The molecule has 0 saturated heterocycles. The van der Waals surface area contributed by atoms with Gasteiger partial charge in [-0.3, -0.25) is 9.00 Å². The van der Waals surface area contributed by atoms with Crippen molar-refractivity contribution in [2.45, 2.75) is 13.8 Å². The number of ketones is 1. The summed E-state index contributed by atoms with van der Waals surface area (Å²) in [6, 6.07) is 2.68. The Hall–Kier alpha value is -1.10. The third-order valence-electron chi connectivity index (χ3n) is 2.04. The summed E-state index contributed by atoms with van der Waals surface area (Å²) >= 11 is 0. The van der Waals surface area contributed by atoms with E-state index in [4.69, 9.17) is 0 Å². The Balaban J connectivity index is 2.76. The quantitative estimate of drug-likeness (QED) is 0.762. The van der Waals surface area contributed by atoms with E-state index in [0.29, 0.717) is 5.75 Å². The molecule has 0 heterocycles. The van der Waals surface area contributed by atoms with Crippen LogP contribution in [-0.2, 0) is 10.8 Å². The fourth-order valence-corrected chi connectivity index (χ4v) is 2.68. The van der Waals surface area contributed by atoms with Crippen LogP contribution in [0, 0.1) is 17.6 Å². The van der Waals surface area contributed by atoms with Crippen molar-refractivity contribution >= 4 is 16.6 Å². The number of benzene rings is 1. The summed E-state index contributed by atoms with van der Waals surface area (Å²) in [6.07, 6.45) is 0. The van der Waals surface area contributed by atoms with Gasteiger partial charge in [0.15, 0.2) is 5.78 Å². The number of hydrogen-bond donors (Lipinski definition) is 0. The Morgan fingerprint density at radius 3 is 2.59 bits per heavy atom. The molecule has 0 radical (unpaired) electrons. The highest BCUT2D eigenvalue weighted by atomic mass is 32.2. The maximum Gasteiger partial charge on any atom is 0.178 e. The monoisotopic (exact) mass is 260 g/mol. The van der Waals surface area contributed by atoms with Crippen molar-refractivity contribution in [3.05, 3.63) is 35.4 Å². The minimum Gasteiger partial charge on any atom is -0.293 e. The van der Waals surface area contributed by atoms with Crippen molar-refractivity contribution in [2.24, 2.45) is 5.92 Å². The van der Waals surface area contributed by atoms with E-state index in [1.165, 1.54) is 0 Å². The summed E-state index contributed by atoms with van der Waals surface area (Å²) in [5.41, 5.74) is -0.331. The molecule has 1 rings (SSSR count). The summed E-state index contributed by atoms with van der Waals surface area (Å²) < 4.78 is 37.6. The smallest absolute Gasteiger partial charge is 0.178 e. The highest BCUT2D eigenvalue weighted by molar-refractivity contribution is 7.85. The predicted molar refractivity (Wildman–Crippen MR) is 63.4 cm³/mol. The lowest BCUT2D eigenvalue weighted by Crippen LogP contribution is -2.17. The van der Waals surface area contributed by atoms with Gasteiger partial charge in [-0.2, -0.15) is 0 Å². The molecule has 0 N–H and O–H groups in total. The van der Waals surface area contributed by atoms with Crippen LogP contribution >= 0.6 is 0 Å². The average molecular weight is 260 g/mol. The number of carbonyl (C=O) groups excluding carboxylic acids is 1. The third-order valence-corrected chi connectivity index (χ3v) is 3.66. The molecule has 0 spiro atoms. The molecular weight excluding hydrogens is 246 g/mol. The first-order valence-electron chi connectivity index (χ1n) is 5.23. The molecule has 0 saturated carbocycles. The van der Waals surface area contributed by atoms with E-state index >= 15 is 0 Å². The molecular formula is C12H14F2O2S. The third kappa shape index (κ3) is 4.34. The Labute approximate surface area is 101 Å². The van der Waals surface area contributed by atoms with Gasteiger partial charge in [0, 0.05) is 16.6 Å². The molecule has 1 aromatic carbocycles. The van der Waals surface area contributed by atoms with Crippen molar-refractivity contribution in [3.63, 3.8) is 0 Å². The second kappa shape index (κ2) is 6.00. The number of hydrogen-bond acceptors (Lipinski definition) is 2. The van der Waals surface area contributed by atoms with Crippen LogP contribution in [0.3, 0.4) is 0 Å². The predicted octanol–water partition coefficient (Wildman–Crippen LogP) is 2.55. The molecule has 0 bridgehead atoms. The van der Waals surface area contributed by atoms with E-state index in [1.807, 2.05) is 13.8 Å². The van der Waals surface area contributed by atoms with Crippen molar-refractivity contribution in [1.82, 2.24) is 0 Å². The molecule has 0 aromatic heterocycles. The first kappa shape index (κ1) is 14.0. The SMILES string of the molecule is CC(C)CS(=O)CC(=O)c1cc(F)ccc1F. The standard InChI is InChI=1S/C12H14F2O2S/c1-8(2)6-17(16)7-12(15)10-5-9(13)3-4-11(10)14/h3-5,8H,6-7H2,1-2H3. The van der Waals surface area contributed by atoms with Crippen LogP contribution in [0.5, 0.6) is 0 Å². The van der Waals surface area contributed by atoms with Crippen molar-refractivity contribution in [2.75, 3.05) is 11.5 Å². The maximum atomic E-state index is 13.2. The van der Waals surface area contributed by atoms with Gasteiger partial charge in [-0.25, -0.2) is 8.78 Å². The van der Waals surface area contributed by atoms with Crippen LogP contribution in [0.1, 0.15) is 24.2 Å². The van der Waals surface area contributed by atoms with E-state index in [2.05, 4.69) is 0 Å². The van der Waals surface area contributed by atoms with Gasteiger partial charge in [-0.05, 0) is 24.1 Å². The molecule has 17 heavy (non-hydrogen) atoms. The van der Waals surface area contributed by atoms with Crippen LogP contribution in [0.25, 0.3) is 0 Å². The topological polar surface area (TPSA) is 34.1 Å². The van der Waals surface area contributed by atoms with Gasteiger partial charge < -0.3 is 0 Å². The van der Waals surface area contributed by atoms with Gasteiger partial charge in [0.1, 0.15) is 11.6 Å². The molecule has 5 heteroatoms. The molecule has 1 unspecified atom stereocenters. The maximum absolute atomic E-state index is 13.2. The first-order chi connectivity index (χ1) is 7.90. The summed E-state index contributed by atoms with van der Waals surface area (Å²) in [5.74, 6) is -1.77. The summed E-state index contributed by atoms with van der Waals surface area (Å²) in [7, 11) is -1.33. The van der Waals surface area contributed by atoms with Crippen LogP contribution in [0.4, 0.5) is 8.78 Å². The Morgan fingerprint density at radius 2 is 2.00 bits per heavy atom. The average Bonchev–Trinajstić information content (AvgIpc) is 2.20. The van der Waals surface area contributed by atoms with Gasteiger partial charge in [0.05, 0.1) is 11.3 Å². The van der Waals surface area contributed by atoms with Crippen molar-refractivity contribution in [3.8, 4) is 0 Å². The van der Waals surface area contributed by atoms with Gasteiger partial charge in [-0.1, -0.05) is 13.8 Å². The highest BCUT2D eigenvalue weighted by Crippen LogP contribution is 2.11. The molecule has 0 aliphatic heterocycles. The second-order valence-corrected chi connectivity index (χ2v) is 5.69. The van der Waals surface area contributed by atoms with Gasteiger partial charge in [0.2, 0.25) is 0 Å². The molecule has 0 aliphatic rings. The van der Waals surface area contributed by atoms with E-state index in [0.717, 1.165) is 18.2 Å². The largest absolute Gasteiger partial charge is 0.293 e. The molecule has 1 atom stereocenters. The highest BCUT2D eigenvalue weighted by Gasteiger charge is 2.16. The van der Waals surface area contributed by atoms with Crippen LogP contribution < -0.4 is 0 Å². The molecule has 1 aromatic rings. The number of halogens is 2. The zero-order chi connectivity index (χ0) is 13.0. The van der Waals surface area contributed by atoms with E-state index < -0.39 is 28.2 Å². The van der Waals surface area contributed by atoms with Gasteiger partial charge in [0.25, 0.3) is 0 Å². The molecule has 2 nitrogen and oxygen atoms in total. The summed E-state index contributed by atoms with van der Waals surface area (Å²) in [6.45, 7) is 3.76. The van der Waals surface area contributed by atoms with E-state index in [9.17, 15) is 17.8 Å². The van der Waals surface area contributed by atoms with E-state index in [-0.39, 0.29) is 17.2 Å². The first-order valence-corrected chi connectivity index (χ1v) is 6.72. The Morgan fingerprint density at radius 1 is 1.35 bits per heavy atom.